The van der Waals surface area contributed by atoms with E-state index >= 15 is 0 Å². The SMILES string of the molecule is CC1CCN(C(=O)c2ccc(NC(=O)NCCCO)cc2)CC1. The minimum absolute atomic E-state index is 0.0480. The fraction of sp³-hybridized carbons (Fsp3) is 0.529. The monoisotopic (exact) mass is 319 g/mol. The summed E-state index contributed by atoms with van der Waals surface area (Å²) in [5, 5.41) is 14.0. The van der Waals surface area contributed by atoms with Crippen LogP contribution in [-0.4, -0.2) is 48.2 Å². The van der Waals surface area contributed by atoms with Gasteiger partial charge in [0.25, 0.3) is 5.91 Å². The molecule has 23 heavy (non-hydrogen) atoms. The molecule has 0 saturated carbocycles. The number of hydrogen-bond donors (Lipinski definition) is 3. The molecule has 1 aromatic carbocycles. The van der Waals surface area contributed by atoms with Gasteiger partial charge in [0, 0.05) is 37.5 Å². The summed E-state index contributed by atoms with van der Waals surface area (Å²) in [4.78, 5) is 25.9. The molecule has 0 radical (unpaired) electrons. The molecule has 0 bridgehead atoms. The van der Waals surface area contributed by atoms with Crippen LogP contribution in [0.5, 0.6) is 0 Å². The highest BCUT2D eigenvalue weighted by Crippen LogP contribution is 2.19. The summed E-state index contributed by atoms with van der Waals surface area (Å²) >= 11 is 0. The van der Waals surface area contributed by atoms with E-state index < -0.39 is 0 Å². The summed E-state index contributed by atoms with van der Waals surface area (Å²) in [7, 11) is 0. The van der Waals surface area contributed by atoms with Gasteiger partial charge >= 0.3 is 6.03 Å². The number of carbonyl (C=O) groups is 2. The third-order valence-electron chi connectivity index (χ3n) is 4.08. The smallest absolute Gasteiger partial charge is 0.319 e. The molecule has 0 aliphatic carbocycles. The number of nitrogens with one attached hydrogen (secondary N) is 2. The van der Waals surface area contributed by atoms with Crippen molar-refractivity contribution >= 4 is 17.6 Å². The third-order valence-corrected chi connectivity index (χ3v) is 4.08. The summed E-state index contributed by atoms with van der Waals surface area (Å²) in [5.74, 6) is 0.741. The van der Waals surface area contributed by atoms with E-state index in [0.717, 1.165) is 25.9 Å². The predicted octanol–water partition coefficient (Wildman–Crippen LogP) is 2.06. The number of aliphatic hydroxyl groups is 1. The van der Waals surface area contributed by atoms with Crippen molar-refractivity contribution in [1.82, 2.24) is 10.2 Å². The number of rotatable bonds is 5. The highest BCUT2D eigenvalue weighted by Gasteiger charge is 2.21. The molecule has 6 nitrogen and oxygen atoms in total. The van der Waals surface area contributed by atoms with Crippen molar-refractivity contribution in [3.8, 4) is 0 Å². The van der Waals surface area contributed by atoms with Crippen molar-refractivity contribution in [3.05, 3.63) is 29.8 Å². The van der Waals surface area contributed by atoms with Crippen molar-refractivity contribution in [2.24, 2.45) is 5.92 Å². The van der Waals surface area contributed by atoms with E-state index in [0.29, 0.717) is 30.1 Å². The number of aliphatic hydroxyl groups excluding tert-OH is 1. The standard InChI is InChI=1S/C17H25N3O3/c1-13-7-10-20(11-8-13)16(22)14-3-5-15(6-4-14)19-17(23)18-9-2-12-21/h3-6,13,21H,2,7-12H2,1H3,(H2,18,19,23). The van der Waals surface area contributed by atoms with Crippen LogP contribution in [0.15, 0.2) is 24.3 Å². The Bertz CT molecular complexity index is 522. The van der Waals surface area contributed by atoms with Crippen LogP contribution in [0.1, 0.15) is 36.5 Å². The van der Waals surface area contributed by atoms with Crippen molar-refractivity contribution in [2.45, 2.75) is 26.2 Å². The lowest BCUT2D eigenvalue weighted by Crippen LogP contribution is -2.37. The minimum Gasteiger partial charge on any atom is -0.396 e. The lowest BCUT2D eigenvalue weighted by atomic mass is 9.98. The number of carbonyl (C=O) groups excluding carboxylic acids is 2. The van der Waals surface area contributed by atoms with E-state index in [1.807, 2.05) is 4.90 Å². The second kappa shape index (κ2) is 8.53. The molecule has 0 atom stereocenters. The van der Waals surface area contributed by atoms with Crippen LogP contribution in [0.4, 0.5) is 10.5 Å². The van der Waals surface area contributed by atoms with Gasteiger partial charge in [-0.3, -0.25) is 4.79 Å². The van der Waals surface area contributed by atoms with Gasteiger partial charge in [-0.15, -0.1) is 0 Å². The predicted molar refractivity (Wildman–Crippen MR) is 89.5 cm³/mol. The zero-order valence-corrected chi connectivity index (χ0v) is 13.5. The van der Waals surface area contributed by atoms with Crippen molar-refractivity contribution in [1.29, 1.82) is 0 Å². The average Bonchev–Trinajstić information content (AvgIpc) is 2.56. The molecular weight excluding hydrogens is 294 g/mol. The quantitative estimate of drug-likeness (QED) is 0.727. The largest absolute Gasteiger partial charge is 0.396 e. The minimum atomic E-state index is -0.317. The Labute approximate surface area is 136 Å². The van der Waals surface area contributed by atoms with Crippen molar-refractivity contribution in [3.63, 3.8) is 0 Å². The summed E-state index contributed by atoms with van der Waals surface area (Å²) in [6, 6.07) is 6.62. The van der Waals surface area contributed by atoms with Crippen LogP contribution in [0, 0.1) is 5.92 Å². The molecule has 1 saturated heterocycles. The first-order valence-electron chi connectivity index (χ1n) is 8.15. The number of urea groups is 1. The molecule has 0 spiro atoms. The van der Waals surface area contributed by atoms with Crippen LogP contribution in [0.25, 0.3) is 0 Å². The van der Waals surface area contributed by atoms with E-state index in [1.165, 1.54) is 0 Å². The summed E-state index contributed by atoms with van der Waals surface area (Å²) in [6.07, 6.45) is 2.63. The third kappa shape index (κ3) is 5.25. The first-order chi connectivity index (χ1) is 11.1. The molecule has 0 unspecified atom stereocenters. The molecule has 0 aromatic heterocycles. The Morgan fingerprint density at radius 2 is 1.87 bits per heavy atom. The maximum atomic E-state index is 12.4. The normalized spacial score (nSPS) is 15.3. The highest BCUT2D eigenvalue weighted by atomic mass is 16.3. The van der Waals surface area contributed by atoms with Crippen molar-refractivity contribution in [2.75, 3.05) is 31.6 Å². The van der Waals surface area contributed by atoms with Gasteiger partial charge in [0.15, 0.2) is 0 Å². The van der Waals surface area contributed by atoms with Crippen LogP contribution >= 0.6 is 0 Å². The number of nitrogens with zero attached hydrogens (tertiary/aromatic N) is 1. The molecule has 1 aliphatic heterocycles. The lowest BCUT2D eigenvalue weighted by molar-refractivity contribution is 0.0697. The molecule has 1 aromatic rings. The molecule has 3 N–H and O–H groups in total. The highest BCUT2D eigenvalue weighted by molar-refractivity contribution is 5.95. The van der Waals surface area contributed by atoms with Crippen LogP contribution in [0.2, 0.25) is 0 Å². The van der Waals surface area contributed by atoms with Gasteiger partial charge in [0.1, 0.15) is 0 Å². The second-order valence-electron chi connectivity index (χ2n) is 6.01. The molecule has 6 heteroatoms. The molecular formula is C17H25N3O3. The van der Waals surface area contributed by atoms with Gasteiger partial charge in [-0.1, -0.05) is 6.92 Å². The number of piperidine rings is 1. The Morgan fingerprint density at radius 1 is 1.22 bits per heavy atom. The second-order valence-corrected chi connectivity index (χ2v) is 6.01. The molecule has 1 fully saturated rings. The summed E-state index contributed by atoms with van der Waals surface area (Å²) in [6.45, 7) is 4.31. The van der Waals surface area contributed by atoms with E-state index in [1.54, 1.807) is 24.3 Å². The van der Waals surface area contributed by atoms with Crippen LogP contribution in [0.3, 0.4) is 0 Å². The Kier molecular flexibility index (Phi) is 6.40. The van der Waals surface area contributed by atoms with Gasteiger partial charge in [-0.05, 0) is 49.4 Å². The zero-order chi connectivity index (χ0) is 16.7. The number of benzene rings is 1. The Morgan fingerprint density at radius 3 is 2.48 bits per heavy atom. The van der Waals surface area contributed by atoms with Crippen LogP contribution < -0.4 is 10.6 Å². The number of likely N-dealkylation sites (tertiary alicyclic amines) is 1. The van der Waals surface area contributed by atoms with E-state index in [2.05, 4.69) is 17.6 Å². The summed E-state index contributed by atoms with van der Waals surface area (Å²) in [5.41, 5.74) is 1.28. The Balaban J connectivity index is 1.86. The fourth-order valence-electron chi connectivity index (χ4n) is 2.55. The van der Waals surface area contributed by atoms with Gasteiger partial charge in [-0.25, -0.2) is 4.79 Å². The van der Waals surface area contributed by atoms with E-state index in [9.17, 15) is 9.59 Å². The van der Waals surface area contributed by atoms with Gasteiger partial charge in [-0.2, -0.15) is 0 Å². The first kappa shape index (κ1) is 17.3. The van der Waals surface area contributed by atoms with Crippen LogP contribution in [-0.2, 0) is 0 Å². The average molecular weight is 319 g/mol. The summed E-state index contributed by atoms with van der Waals surface area (Å²) < 4.78 is 0. The molecule has 2 rings (SSSR count). The lowest BCUT2D eigenvalue weighted by Gasteiger charge is -2.30. The fourth-order valence-corrected chi connectivity index (χ4v) is 2.55. The van der Waals surface area contributed by atoms with Gasteiger partial charge < -0.3 is 20.6 Å². The number of anilines is 1. The van der Waals surface area contributed by atoms with Gasteiger partial charge in [0.2, 0.25) is 0 Å². The number of hydrogen-bond acceptors (Lipinski definition) is 3. The van der Waals surface area contributed by atoms with E-state index in [4.69, 9.17) is 5.11 Å². The molecule has 1 heterocycles. The molecule has 126 valence electrons. The molecule has 1 aliphatic rings. The zero-order valence-electron chi connectivity index (χ0n) is 13.5. The maximum absolute atomic E-state index is 12.4. The van der Waals surface area contributed by atoms with E-state index in [-0.39, 0.29) is 18.5 Å². The maximum Gasteiger partial charge on any atom is 0.319 e. The first-order valence-corrected chi connectivity index (χ1v) is 8.15. The van der Waals surface area contributed by atoms with Crippen molar-refractivity contribution < 1.29 is 14.7 Å². The van der Waals surface area contributed by atoms with Gasteiger partial charge in [0.05, 0.1) is 0 Å². The molecule has 3 amide bonds. The Hall–Kier alpha value is -2.08. The number of amides is 3. The topological polar surface area (TPSA) is 81.7 Å².